The molecule has 0 bridgehead atoms. The number of hydrogen-bond donors (Lipinski definition) is 1. The zero-order valence-corrected chi connectivity index (χ0v) is 17.3. The molecule has 0 aromatic heterocycles. The fourth-order valence-electron chi connectivity index (χ4n) is 1.92. The summed E-state index contributed by atoms with van der Waals surface area (Å²) >= 11 is 2.73. The van der Waals surface area contributed by atoms with E-state index in [1.165, 1.54) is 6.92 Å². The Hall–Kier alpha value is -0.690. The third kappa shape index (κ3) is 11.0. The van der Waals surface area contributed by atoms with Crippen molar-refractivity contribution in [2.75, 3.05) is 17.3 Å². The highest BCUT2D eigenvalue weighted by molar-refractivity contribution is 8.13. The Balaban J connectivity index is 4.90. The highest BCUT2D eigenvalue weighted by Crippen LogP contribution is 2.17. The van der Waals surface area contributed by atoms with Crippen LogP contribution < -0.4 is 5.32 Å². The van der Waals surface area contributed by atoms with E-state index < -0.39 is 17.6 Å². The van der Waals surface area contributed by atoms with Gasteiger partial charge in [-0.25, -0.2) is 4.79 Å². The van der Waals surface area contributed by atoms with E-state index in [1.807, 2.05) is 13.8 Å². The number of ether oxygens (including phenoxy) is 1. The first kappa shape index (κ1) is 23.3. The van der Waals surface area contributed by atoms with Crippen molar-refractivity contribution in [1.82, 2.24) is 5.32 Å². The first-order chi connectivity index (χ1) is 11.1. The van der Waals surface area contributed by atoms with Gasteiger partial charge in [-0.3, -0.25) is 9.59 Å². The van der Waals surface area contributed by atoms with Gasteiger partial charge in [-0.05, 0) is 32.9 Å². The van der Waals surface area contributed by atoms with Crippen LogP contribution in [0, 0.1) is 5.92 Å². The molecule has 0 aliphatic carbocycles. The van der Waals surface area contributed by atoms with Crippen molar-refractivity contribution < 1.29 is 19.1 Å². The molecular weight excluding hydrogens is 346 g/mol. The largest absolute Gasteiger partial charge is 0.458 e. The van der Waals surface area contributed by atoms with Gasteiger partial charge in [0, 0.05) is 24.3 Å². The maximum atomic E-state index is 12.5. The van der Waals surface area contributed by atoms with Crippen LogP contribution in [0.25, 0.3) is 0 Å². The lowest BCUT2D eigenvalue weighted by Crippen LogP contribution is -2.48. The number of hydrogen-bond acceptors (Lipinski definition) is 6. The van der Waals surface area contributed by atoms with Crippen molar-refractivity contribution in [1.29, 1.82) is 0 Å². The zero-order valence-electron chi connectivity index (χ0n) is 15.6. The van der Waals surface area contributed by atoms with Crippen LogP contribution in [0.2, 0.25) is 0 Å². The van der Waals surface area contributed by atoms with Gasteiger partial charge in [-0.2, -0.15) is 11.8 Å². The molecule has 2 atom stereocenters. The second-order valence-corrected chi connectivity index (χ2v) is 9.06. The van der Waals surface area contributed by atoms with Gasteiger partial charge in [0.15, 0.2) is 5.12 Å². The third-order valence-electron chi connectivity index (χ3n) is 2.99. The average molecular weight is 378 g/mol. The minimum atomic E-state index is -0.664. The molecule has 0 heterocycles. The standard InChI is InChI=1S/C17H31NO4S2/c1-7-9-13(10-24-12(3)19)15(20)18-14(11-23-8-2)16(21)22-17(4,5)6/h13-14H,7-11H2,1-6H3,(H,18,20)/t13?,14-/m0/s1. The Kier molecular flexibility index (Phi) is 11.5. The van der Waals surface area contributed by atoms with Crippen LogP contribution in [0.3, 0.4) is 0 Å². The maximum Gasteiger partial charge on any atom is 0.330 e. The summed E-state index contributed by atoms with van der Waals surface area (Å²) in [5.41, 5.74) is -0.593. The molecule has 0 spiro atoms. The minimum Gasteiger partial charge on any atom is -0.458 e. The molecule has 0 fully saturated rings. The number of rotatable bonds is 10. The SMILES string of the molecule is CCCC(CSC(C)=O)C(=O)N[C@@H](CSCC)C(=O)OC(C)(C)C. The first-order valence-corrected chi connectivity index (χ1v) is 10.5. The summed E-state index contributed by atoms with van der Waals surface area (Å²) < 4.78 is 5.41. The molecule has 140 valence electrons. The van der Waals surface area contributed by atoms with Crippen molar-refractivity contribution >= 4 is 40.5 Å². The van der Waals surface area contributed by atoms with E-state index in [2.05, 4.69) is 5.32 Å². The van der Waals surface area contributed by atoms with Crippen molar-refractivity contribution in [3.63, 3.8) is 0 Å². The molecule has 0 saturated carbocycles. The molecule has 0 aromatic carbocycles. The summed E-state index contributed by atoms with van der Waals surface area (Å²) in [5.74, 6) is 0.908. The molecule has 0 saturated heterocycles. The van der Waals surface area contributed by atoms with Crippen molar-refractivity contribution in [3.05, 3.63) is 0 Å². The molecule has 0 radical (unpaired) electrons. The molecule has 7 heteroatoms. The molecule has 1 N–H and O–H groups in total. The Morgan fingerprint density at radius 3 is 2.21 bits per heavy atom. The van der Waals surface area contributed by atoms with Gasteiger partial charge in [0.1, 0.15) is 11.6 Å². The van der Waals surface area contributed by atoms with Gasteiger partial charge < -0.3 is 10.1 Å². The Labute approximate surface area is 154 Å². The summed E-state index contributed by atoms with van der Waals surface area (Å²) in [6.07, 6.45) is 1.53. The second kappa shape index (κ2) is 11.8. The van der Waals surface area contributed by atoms with Crippen LogP contribution in [0.4, 0.5) is 0 Å². The van der Waals surface area contributed by atoms with Gasteiger partial charge in [0.2, 0.25) is 5.91 Å². The van der Waals surface area contributed by atoms with Gasteiger partial charge in [0.25, 0.3) is 0 Å². The van der Waals surface area contributed by atoms with E-state index in [9.17, 15) is 14.4 Å². The number of carbonyl (C=O) groups excluding carboxylic acids is 3. The molecule has 0 aromatic rings. The number of amides is 1. The van der Waals surface area contributed by atoms with Gasteiger partial charge in [-0.1, -0.05) is 32.0 Å². The van der Waals surface area contributed by atoms with Gasteiger partial charge >= 0.3 is 5.97 Å². The van der Waals surface area contributed by atoms with Crippen LogP contribution in [0.15, 0.2) is 0 Å². The quantitative estimate of drug-likeness (QED) is 0.589. The lowest BCUT2D eigenvalue weighted by Gasteiger charge is -2.25. The smallest absolute Gasteiger partial charge is 0.330 e. The fraction of sp³-hybridized carbons (Fsp3) is 0.824. The van der Waals surface area contributed by atoms with Crippen LogP contribution >= 0.6 is 23.5 Å². The van der Waals surface area contributed by atoms with Crippen LogP contribution in [-0.2, 0) is 19.1 Å². The van der Waals surface area contributed by atoms with E-state index in [4.69, 9.17) is 4.74 Å². The van der Waals surface area contributed by atoms with E-state index >= 15 is 0 Å². The lowest BCUT2D eigenvalue weighted by molar-refractivity contribution is -0.158. The zero-order chi connectivity index (χ0) is 18.8. The van der Waals surface area contributed by atoms with Crippen LogP contribution in [0.5, 0.6) is 0 Å². The van der Waals surface area contributed by atoms with E-state index in [0.717, 1.165) is 23.9 Å². The monoisotopic (exact) mass is 377 g/mol. The second-order valence-electron chi connectivity index (χ2n) is 6.54. The molecule has 0 aliphatic heterocycles. The predicted molar refractivity (Wildman–Crippen MR) is 102 cm³/mol. The number of nitrogens with one attached hydrogen (secondary N) is 1. The summed E-state index contributed by atoms with van der Waals surface area (Å²) in [6.45, 7) is 10.9. The third-order valence-corrected chi connectivity index (χ3v) is 4.94. The first-order valence-electron chi connectivity index (χ1n) is 8.35. The van der Waals surface area contributed by atoms with E-state index in [-0.39, 0.29) is 16.9 Å². The van der Waals surface area contributed by atoms with Crippen LogP contribution in [-0.4, -0.2) is 45.9 Å². The number of thioether (sulfide) groups is 2. The van der Waals surface area contributed by atoms with Crippen molar-refractivity contribution in [2.45, 2.75) is 66.0 Å². The van der Waals surface area contributed by atoms with Crippen molar-refractivity contribution in [3.8, 4) is 0 Å². The molecule has 24 heavy (non-hydrogen) atoms. The molecule has 1 unspecified atom stereocenters. The van der Waals surface area contributed by atoms with Crippen LogP contribution in [0.1, 0.15) is 54.4 Å². The number of carbonyl (C=O) groups is 3. The highest BCUT2D eigenvalue weighted by Gasteiger charge is 2.29. The molecule has 0 rings (SSSR count). The fourth-order valence-corrected chi connectivity index (χ4v) is 3.37. The Morgan fingerprint density at radius 1 is 1.12 bits per heavy atom. The lowest BCUT2D eigenvalue weighted by atomic mass is 10.0. The average Bonchev–Trinajstić information content (AvgIpc) is 2.45. The molecular formula is C17H31NO4S2. The summed E-state index contributed by atoms with van der Waals surface area (Å²) in [5, 5.41) is 2.82. The Bertz CT molecular complexity index is 421. The normalized spacial score (nSPS) is 13.9. The molecule has 0 aliphatic rings. The Morgan fingerprint density at radius 2 is 1.75 bits per heavy atom. The summed E-state index contributed by atoms with van der Waals surface area (Å²) in [7, 11) is 0. The van der Waals surface area contributed by atoms with E-state index in [1.54, 1.807) is 32.5 Å². The topological polar surface area (TPSA) is 72.5 Å². The van der Waals surface area contributed by atoms with E-state index in [0.29, 0.717) is 17.9 Å². The summed E-state index contributed by atoms with van der Waals surface area (Å²) in [4.78, 5) is 36.0. The minimum absolute atomic E-state index is 0.00543. The van der Waals surface area contributed by atoms with Crippen molar-refractivity contribution in [2.24, 2.45) is 5.92 Å². The van der Waals surface area contributed by atoms with Gasteiger partial charge in [0.05, 0.1) is 0 Å². The number of esters is 1. The predicted octanol–water partition coefficient (Wildman–Crippen LogP) is 3.26. The highest BCUT2D eigenvalue weighted by atomic mass is 32.2. The maximum absolute atomic E-state index is 12.5. The molecule has 1 amide bonds. The summed E-state index contributed by atoms with van der Waals surface area (Å²) in [6, 6.07) is -0.664. The molecule has 5 nitrogen and oxygen atoms in total. The van der Waals surface area contributed by atoms with Gasteiger partial charge in [-0.15, -0.1) is 0 Å².